The molecule has 1 amide bonds. The molecule has 0 unspecified atom stereocenters. The quantitative estimate of drug-likeness (QED) is 0.240. The van der Waals surface area contributed by atoms with Gasteiger partial charge in [0, 0.05) is 29.2 Å². The Morgan fingerprint density at radius 1 is 1.07 bits per heavy atom. The first kappa shape index (κ1) is 32.7. The highest BCUT2D eigenvalue weighted by atomic mass is 19.4. The lowest BCUT2D eigenvalue weighted by Crippen LogP contribution is -2.49. The van der Waals surface area contributed by atoms with E-state index in [9.17, 15) is 22.8 Å². The summed E-state index contributed by atoms with van der Waals surface area (Å²) in [6, 6.07) is 4.75. The summed E-state index contributed by atoms with van der Waals surface area (Å²) in [4.78, 5) is 33.3. The normalized spacial score (nSPS) is 23.3. The number of alkyl halides is 3. The molecule has 0 spiro atoms. The van der Waals surface area contributed by atoms with Gasteiger partial charge in [-0.3, -0.25) is 4.79 Å². The van der Waals surface area contributed by atoms with Gasteiger partial charge in [-0.25, -0.2) is 14.2 Å². The molecule has 7 nitrogen and oxygen atoms in total. The summed E-state index contributed by atoms with van der Waals surface area (Å²) in [5.41, 5.74) is -1.47. The number of nitrogens with zero attached hydrogens (tertiary/aromatic N) is 2. The van der Waals surface area contributed by atoms with Crippen molar-refractivity contribution in [3.63, 3.8) is 0 Å². The van der Waals surface area contributed by atoms with Crippen molar-refractivity contribution < 1.29 is 41.4 Å². The largest absolute Gasteiger partial charge is 0.481 e. The van der Waals surface area contributed by atoms with Crippen LogP contribution in [0.4, 0.5) is 17.6 Å². The molecule has 43 heavy (non-hydrogen) atoms. The fourth-order valence-corrected chi connectivity index (χ4v) is 6.53. The minimum Gasteiger partial charge on any atom is -0.481 e. The number of amides is 1. The molecule has 11 heteroatoms. The van der Waals surface area contributed by atoms with Gasteiger partial charge >= 0.3 is 12.1 Å². The predicted octanol–water partition coefficient (Wildman–Crippen LogP) is 6.89. The summed E-state index contributed by atoms with van der Waals surface area (Å²) >= 11 is 0. The molecular weight excluding hydrogens is 568 g/mol. The summed E-state index contributed by atoms with van der Waals surface area (Å²) in [6.07, 6.45) is -0.930. The van der Waals surface area contributed by atoms with Crippen LogP contribution in [0.3, 0.4) is 0 Å². The van der Waals surface area contributed by atoms with Gasteiger partial charge < -0.3 is 19.1 Å². The summed E-state index contributed by atoms with van der Waals surface area (Å²) in [7, 11) is 1.29. The first-order chi connectivity index (χ1) is 20.3. The van der Waals surface area contributed by atoms with Crippen LogP contribution in [0.25, 0.3) is 0 Å². The molecule has 2 heterocycles. The number of carbonyl (C=O) groups excluding carboxylic acids is 2. The fraction of sp³-hybridized carbons (Fsp3) is 0.594. The molecule has 1 aromatic heterocycles. The predicted molar refractivity (Wildman–Crippen MR) is 150 cm³/mol. The molecule has 1 saturated heterocycles. The minimum absolute atomic E-state index is 0.0296. The number of methoxy groups -OCH3 is 1. The fourth-order valence-electron chi connectivity index (χ4n) is 6.53. The Bertz CT molecular complexity index is 1290. The Morgan fingerprint density at radius 3 is 2.33 bits per heavy atom. The first-order valence-corrected chi connectivity index (χ1v) is 14.7. The molecule has 1 aliphatic heterocycles. The SMILES string of the molecule is CCOC(=O)[C@@H]1[C@@H](C(C)(C)C)[C@H](OCc2cc(C(F)(F)F)cnc2OC)[C@H](c2ccccc2F)N1C(=O)C1CCCCC1. The lowest BCUT2D eigenvalue weighted by atomic mass is 9.73. The molecule has 4 atom stereocenters. The Balaban J connectivity index is 1.87. The van der Waals surface area contributed by atoms with Crippen molar-refractivity contribution in [2.45, 2.75) is 90.8 Å². The van der Waals surface area contributed by atoms with Gasteiger partial charge in [-0.05, 0) is 37.3 Å². The molecule has 1 saturated carbocycles. The van der Waals surface area contributed by atoms with Crippen LogP contribution in [0.15, 0.2) is 36.5 Å². The number of hydrogen-bond donors (Lipinski definition) is 0. The maximum absolute atomic E-state index is 15.6. The number of carbonyl (C=O) groups is 2. The number of likely N-dealkylation sites (tertiary alicyclic amines) is 1. The van der Waals surface area contributed by atoms with Crippen molar-refractivity contribution in [1.82, 2.24) is 9.88 Å². The third-order valence-corrected chi connectivity index (χ3v) is 8.44. The molecule has 0 bridgehead atoms. The zero-order chi connectivity index (χ0) is 31.5. The van der Waals surface area contributed by atoms with E-state index in [1.54, 1.807) is 19.1 Å². The third kappa shape index (κ3) is 6.97. The van der Waals surface area contributed by atoms with Gasteiger partial charge in [-0.15, -0.1) is 0 Å². The average Bonchev–Trinajstić information content (AvgIpc) is 3.31. The van der Waals surface area contributed by atoms with Crippen molar-refractivity contribution in [2.75, 3.05) is 13.7 Å². The molecule has 0 radical (unpaired) electrons. The summed E-state index contributed by atoms with van der Waals surface area (Å²) in [5, 5.41) is 0. The van der Waals surface area contributed by atoms with Crippen molar-refractivity contribution in [2.24, 2.45) is 17.3 Å². The van der Waals surface area contributed by atoms with Crippen LogP contribution in [-0.4, -0.2) is 47.6 Å². The molecule has 236 valence electrons. The summed E-state index contributed by atoms with van der Waals surface area (Å²) < 4.78 is 73.4. The number of esters is 1. The van der Waals surface area contributed by atoms with Crippen LogP contribution in [0.5, 0.6) is 5.88 Å². The smallest absolute Gasteiger partial charge is 0.417 e. The van der Waals surface area contributed by atoms with Gasteiger partial charge in [0.05, 0.1) is 38.0 Å². The van der Waals surface area contributed by atoms with E-state index in [0.717, 1.165) is 25.3 Å². The highest BCUT2D eigenvalue weighted by Gasteiger charge is 2.60. The van der Waals surface area contributed by atoms with Gasteiger partial charge in [-0.2, -0.15) is 13.2 Å². The van der Waals surface area contributed by atoms with E-state index >= 15 is 4.39 Å². The number of aromatic nitrogens is 1. The van der Waals surface area contributed by atoms with Gasteiger partial charge in [0.25, 0.3) is 0 Å². The third-order valence-electron chi connectivity index (χ3n) is 8.44. The van der Waals surface area contributed by atoms with E-state index in [4.69, 9.17) is 14.2 Å². The molecular formula is C32H40F4N2O5. The molecule has 4 rings (SSSR count). The number of pyridine rings is 1. The van der Waals surface area contributed by atoms with Crippen LogP contribution in [0.2, 0.25) is 0 Å². The van der Waals surface area contributed by atoms with E-state index in [-0.39, 0.29) is 42.0 Å². The van der Waals surface area contributed by atoms with Crippen molar-refractivity contribution in [1.29, 1.82) is 0 Å². The Morgan fingerprint density at radius 2 is 1.74 bits per heavy atom. The van der Waals surface area contributed by atoms with Crippen LogP contribution < -0.4 is 4.74 Å². The van der Waals surface area contributed by atoms with Gasteiger partial charge in [0.15, 0.2) is 0 Å². The average molecular weight is 609 g/mol. The monoisotopic (exact) mass is 608 g/mol. The Hall–Kier alpha value is -3.21. The topological polar surface area (TPSA) is 78.0 Å². The zero-order valence-corrected chi connectivity index (χ0v) is 25.2. The van der Waals surface area contributed by atoms with E-state index in [0.29, 0.717) is 19.0 Å². The van der Waals surface area contributed by atoms with E-state index in [1.165, 1.54) is 24.1 Å². The van der Waals surface area contributed by atoms with Crippen LogP contribution in [-0.2, 0) is 31.8 Å². The maximum Gasteiger partial charge on any atom is 0.417 e. The lowest BCUT2D eigenvalue weighted by Gasteiger charge is -2.36. The van der Waals surface area contributed by atoms with Crippen LogP contribution in [0.1, 0.15) is 82.5 Å². The van der Waals surface area contributed by atoms with E-state index in [1.807, 2.05) is 20.8 Å². The van der Waals surface area contributed by atoms with Gasteiger partial charge in [0.2, 0.25) is 11.8 Å². The molecule has 1 aliphatic carbocycles. The number of halogens is 4. The first-order valence-electron chi connectivity index (χ1n) is 14.7. The van der Waals surface area contributed by atoms with Gasteiger partial charge in [0.1, 0.15) is 11.9 Å². The van der Waals surface area contributed by atoms with Crippen molar-refractivity contribution in [3.05, 3.63) is 59.0 Å². The van der Waals surface area contributed by atoms with Crippen molar-refractivity contribution >= 4 is 11.9 Å². The zero-order valence-electron chi connectivity index (χ0n) is 25.2. The van der Waals surface area contributed by atoms with Crippen molar-refractivity contribution in [3.8, 4) is 5.88 Å². The molecule has 2 aromatic rings. The summed E-state index contributed by atoms with van der Waals surface area (Å²) in [6.45, 7) is 7.02. The number of ether oxygens (including phenoxy) is 3. The lowest BCUT2D eigenvalue weighted by molar-refractivity contribution is -0.158. The van der Waals surface area contributed by atoms with Crippen LogP contribution >= 0.6 is 0 Å². The second-order valence-corrected chi connectivity index (χ2v) is 12.3. The van der Waals surface area contributed by atoms with Gasteiger partial charge in [-0.1, -0.05) is 58.2 Å². The molecule has 2 aliphatic rings. The second kappa shape index (κ2) is 13.2. The highest BCUT2D eigenvalue weighted by Crippen LogP contribution is 2.51. The summed E-state index contributed by atoms with van der Waals surface area (Å²) in [5.74, 6) is -2.60. The van der Waals surface area contributed by atoms with E-state index in [2.05, 4.69) is 4.98 Å². The Labute approximate surface area is 249 Å². The number of benzene rings is 1. The van der Waals surface area contributed by atoms with E-state index < -0.39 is 53.0 Å². The maximum atomic E-state index is 15.6. The Kier molecular flexibility index (Phi) is 10.0. The number of rotatable bonds is 8. The second-order valence-electron chi connectivity index (χ2n) is 12.3. The highest BCUT2D eigenvalue weighted by molar-refractivity contribution is 5.88. The minimum atomic E-state index is -4.65. The number of hydrogen-bond acceptors (Lipinski definition) is 6. The molecule has 0 N–H and O–H groups in total. The molecule has 2 fully saturated rings. The van der Waals surface area contributed by atoms with Crippen LogP contribution in [0, 0.1) is 23.1 Å². The molecule has 1 aromatic carbocycles. The standard InChI is InChI=1S/C32H40F4N2O5/c1-6-42-30(40)26-24(31(2,3)4)27(43-18-20-16-21(32(34,35)36)17-37-28(20)41-5)25(22-14-10-11-15-23(22)33)38(26)29(39)19-12-8-7-9-13-19/h10-11,14-17,19,24-27H,6-9,12-13,18H2,1-5H3/t24-,25+,26+,27+/m1/s1.